The van der Waals surface area contributed by atoms with E-state index in [0.29, 0.717) is 31.0 Å². The second-order valence-electron chi connectivity index (χ2n) is 6.06. The quantitative estimate of drug-likeness (QED) is 0.298. The van der Waals surface area contributed by atoms with Crippen LogP contribution in [0.2, 0.25) is 0 Å². The van der Waals surface area contributed by atoms with Gasteiger partial charge in [0.15, 0.2) is 5.96 Å². The van der Waals surface area contributed by atoms with E-state index < -0.39 is 0 Å². The topological polar surface area (TPSA) is 54.2 Å². The Bertz CT molecular complexity index is 880. The van der Waals surface area contributed by atoms with Crippen molar-refractivity contribution in [3.63, 3.8) is 0 Å². The second-order valence-corrected chi connectivity index (χ2v) is 6.06. The number of imidazole rings is 1. The van der Waals surface area contributed by atoms with Gasteiger partial charge in [0, 0.05) is 25.5 Å². The van der Waals surface area contributed by atoms with Crippen molar-refractivity contribution in [2.45, 2.75) is 19.9 Å². The van der Waals surface area contributed by atoms with Crippen LogP contribution in [0.4, 0.5) is 4.39 Å². The summed E-state index contributed by atoms with van der Waals surface area (Å²) in [6.45, 7) is 3.92. The molecule has 0 aliphatic heterocycles. The number of hydrogen-bond acceptors (Lipinski definition) is 2. The van der Waals surface area contributed by atoms with E-state index in [0.717, 1.165) is 17.8 Å². The number of aliphatic imine (C=N–C) groups is 1. The predicted octanol–water partition coefficient (Wildman–Crippen LogP) is 3.93. The molecule has 3 aromatic rings. The molecule has 0 saturated carbocycles. The first-order valence-corrected chi connectivity index (χ1v) is 9.09. The molecule has 0 amide bonds. The third kappa shape index (κ3) is 6.05. The summed E-state index contributed by atoms with van der Waals surface area (Å²) >= 11 is 0. The van der Waals surface area contributed by atoms with Crippen LogP contribution in [0, 0.1) is 5.82 Å². The molecule has 5 nitrogen and oxygen atoms in total. The summed E-state index contributed by atoms with van der Waals surface area (Å²) in [7, 11) is 0. The summed E-state index contributed by atoms with van der Waals surface area (Å²) in [5.74, 6) is 0.546. The third-order valence-corrected chi connectivity index (χ3v) is 4.17. The van der Waals surface area contributed by atoms with Gasteiger partial charge >= 0.3 is 0 Å². The molecule has 1 heterocycles. The number of rotatable bonds is 7. The van der Waals surface area contributed by atoms with Gasteiger partial charge in [0.05, 0.1) is 18.6 Å². The maximum atomic E-state index is 13.7. The van der Waals surface area contributed by atoms with Crippen molar-refractivity contribution in [2.24, 2.45) is 4.99 Å². The van der Waals surface area contributed by atoms with Crippen LogP contribution in [0.5, 0.6) is 0 Å². The van der Waals surface area contributed by atoms with Gasteiger partial charge in [-0.2, -0.15) is 0 Å². The fraction of sp³-hybridized carbons (Fsp3) is 0.238. The molecule has 7 heteroatoms. The molecule has 2 aromatic carbocycles. The van der Waals surface area contributed by atoms with Crippen LogP contribution < -0.4 is 10.6 Å². The number of halogens is 2. The Morgan fingerprint density at radius 2 is 1.82 bits per heavy atom. The minimum Gasteiger partial charge on any atom is -0.357 e. The van der Waals surface area contributed by atoms with E-state index >= 15 is 0 Å². The Hall–Kier alpha value is -2.42. The van der Waals surface area contributed by atoms with Gasteiger partial charge in [-0.05, 0) is 36.6 Å². The summed E-state index contributed by atoms with van der Waals surface area (Å²) in [5, 5.41) is 6.51. The van der Waals surface area contributed by atoms with Crippen LogP contribution in [-0.2, 0) is 13.0 Å². The maximum absolute atomic E-state index is 13.7. The molecule has 0 aliphatic rings. The minimum atomic E-state index is -0.171. The van der Waals surface area contributed by atoms with Gasteiger partial charge in [0.1, 0.15) is 5.82 Å². The molecule has 3 rings (SSSR count). The average molecular weight is 493 g/mol. The van der Waals surface area contributed by atoms with Crippen LogP contribution in [0.15, 0.2) is 72.2 Å². The van der Waals surface area contributed by atoms with Crippen molar-refractivity contribution >= 4 is 29.9 Å². The maximum Gasteiger partial charge on any atom is 0.191 e. The Balaban J connectivity index is 0.00000280. The lowest BCUT2D eigenvalue weighted by Crippen LogP contribution is -2.38. The fourth-order valence-corrected chi connectivity index (χ4v) is 2.82. The molecule has 1 aromatic heterocycles. The number of aromatic nitrogens is 2. The van der Waals surface area contributed by atoms with Gasteiger partial charge in [0.25, 0.3) is 0 Å². The normalized spacial score (nSPS) is 11.0. The van der Waals surface area contributed by atoms with Crippen LogP contribution in [0.1, 0.15) is 18.1 Å². The molecular formula is C21H25FIN5. The lowest BCUT2D eigenvalue weighted by Gasteiger charge is -2.13. The van der Waals surface area contributed by atoms with Crippen molar-refractivity contribution in [1.29, 1.82) is 0 Å². The van der Waals surface area contributed by atoms with E-state index in [1.807, 2.05) is 48.0 Å². The summed E-state index contributed by atoms with van der Waals surface area (Å²) < 4.78 is 15.7. The van der Waals surface area contributed by atoms with Crippen LogP contribution >= 0.6 is 24.0 Å². The summed E-state index contributed by atoms with van der Waals surface area (Å²) in [6, 6.07) is 15.0. The molecule has 2 N–H and O–H groups in total. The number of nitrogens with zero attached hydrogens (tertiary/aromatic N) is 3. The van der Waals surface area contributed by atoms with E-state index in [2.05, 4.69) is 26.7 Å². The number of nitrogens with one attached hydrogen (secondary N) is 2. The summed E-state index contributed by atoms with van der Waals surface area (Å²) in [5.41, 5.74) is 2.86. The largest absolute Gasteiger partial charge is 0.357 e. The molecule has 148 valence electrons. The van der Waals surface area contributed by atoms with E-state index in [1.54, 1.807) is 18.6 Å². The highest BCUT2D eigenvalue weighted by Crippen LogP contribution is 2.15. The Kier molecular flexibility index (Phi) is 8.93. The first kappa shape index (κ1) is 21.9. The van der Waals surface area contributed by atoms with Crippen molar-refractivity contribution < 1.29 is 4.39 Å². The molecular weight excluding hydrogens is 468 g/mol. The number of guanidine groups is 1. The average Bonchev–Trinajstić information content (AvgIpc) is 3.22. The molecule has 0 bridgehead atoms. The molecule has 0 spiro atoms. The van der Waals surface area contributed by atoms with Gasteiger partial charge in [-0.15, -0.1) is 24.0 Å². The monoisotopic (exact) mass is 493 g/mol. The number of para-hydroxylation sites is 1. The second kappa shape index (κ2) is 11.4. The smallest absolute Gasteiger partial charge is 0.191 e. The zero-order chi connectivity index (χ0) is 18.9. The molecule has 0 aliphatic carbocycles. The lowest BCUT2D eigenvalue weighted by molar-refractivity contribution is 0.606. The highest BCUT2D eigenvalue weighted by Gasteiger charge is 2.05. The van der Waals surface area contributed by atoms with Crippen molar-refractivity contribution in [3.8, 4) is 5.69 Å². The molecule has 0 radical (unpaired) electrons. The highest BCUT2D eigenvalue weighted by atomic mass is 127. The van der Waals surface area contributed by atoms with Gasteiger partial charge < -0.3 is 15.2 Å². The van der Waals surface area contributed by atoms with Gasteiger partial charge in [-0.1, -0.05) is 36.4 Å². The molecule has 0 saturated heterocycles. The number of hydrogen-bond donors (Lipinski definition) is 2. The standard InChI is InChI=1S/C21H24FN5.HI/c1-2-24-21(25-12-11-17-7-3-5-9-19(17)22)26-15-18-8-4-6-10-20(18)27-14-13-23-16-27;/h3-10,13-14,16H,2,11-12,15H2,1H3,(H2,24,25,26);1H. The van der Waals surface area contributed by atoms with Crippen molar-refractivity contribution in [1.82, 2.24) is 20.2 Å². The fourth-order valence-electron chi connectivity index (χ4n) is 2.82. The van der Waals surface area contributed by atoms with Gasteiger partial charge in [-0.25, -0.2) is 14.4 Å². The predicted molar refractivity (Wildman–Crippen MR) is 122 cm³/mol. The van der Waals surface area contributed by atoms with E-state index in [1.165, 1.54) is 6.07 Å². The minimum absolute atomic E-state index is 0. The van der Waals surface area contributed by atoms with Crippen LogP contribution in [0.3, 0.4) is 0 Å². The molecule has 0 unspecified atom stereocenters. The third-order valence-electron chi connectivity index (χ3n) is 4.17. The van der Waals surface area contributed by atoms with Gasteiger partial charge in [0.2, 0.25) is 0 Å². The van der Waals surface area contributed by atoms with E-state index in [4.69, 9.17) is 0 Å². The molecule has 0 atom stereocenters. The SMILES string of the molecule is CCNC(=NCc1ccccc1-n1ccnc1)NCCc1ccccc1F.I. The Labute approximate surface area is 182 Å². The highest BCUT2D eigenvalue weighted by molar-refractivity contribution is 14.0. The summed E-state index contributed by atoms with van der Waals surface area (Å²) in [4.78, 5) is 8.79. The zero-order valence-corrected chi connectivity index (χ0v) is 18.1. The summed E-state index contributed by atoms with van der Waals surface area (Å²) in [6.07, 6.45) is 6.05. The van der Waals surface area contributed by atoms with Crippen molar-refractivity contribution in [2.75, 3.05) is 13.1 Å². The first-order chi connectivity index (χ1) is 13.3. The van der Waals surface area contributed by atoms with E-state index in [-0.39, 0.29) is 29.8 Å². The Morgan fingerprint density at radius 1 is 1.07 bits per heavy atom. The van der Waals surface area contributed by atoms with Crippen LogP contribution in [-0.4, -0.2) is 28.6 Å². The van der Waals surface area contributed by atoms with Crippen molar-refractivity contribution in [3.05, 3.63) is 84.2 Å². The molecule has 28 heavy (non-hydrogen) atoms. The lowest BCUT2D eigenvalue weighted by atomic mass is 10.1. The van der Waals surface area contributed by atoms with Gasteiger partial charge in [-0.3, -0.25) is 0 Å². The van der Waals surface area contributed by atoms with Crippen LogP contribution in [0.25, 0.3) is 5.69 Å². The first-order valence-electron chi connectivity index (χ1n) is 9.09. The van der Waals surface area contributed by atoms with E-state index in [9.17, 15) is 4.39 Å². The molecule has 0 fully saturated rings. The Morgan fingerprint density at radius 3 is 2.54 bits per heavy atom. The zero-order valence-electron chi connectivity index (χ0n) is 15.8. The number of benzene rings is 2.